The van der Waals surface area contributed by atoms with Gasteiger partial charge in [0.15, 0.2) is 0 Å². The van der Waals surface area contributed by atoms with Crippen LogP contribution in [-0.4, -0.2) is 17.5 Å². The summed E-state index contributed by atoms with van der Waals surface area (Å²) in [7, 11) is 0. The first-order valence-electron chi connectivity index (χ1n) is 6.90. The zero-order valence-corrected chi connectivity index (χ0v) is 11.8. The van der Waals surface area contributed by atoms with E-state index in [0.717, 1.165) is 17.7 Å². The van der Waals surface area contributed by atoms with E-state index in [9.17, 15) is 4.79 Å². The van der Waals surface area contributed by atoms with Gasteiger partial charge in [-0.2, -0.15) is 0 Å². The van der Waals surface area contributed by atoms with E-state index >= 15 is 0 Å². The monoisotopic (exact) mass is 283 g/mol. The van der Waals surface area contributed by atoms with E-state index < -0.39 is 0 Å². The van der Waals surface area contributed by atoms with Crippen molar-refractivity contribution in [3.05, 3.63) is 53.3 Å². The van der Waals surface area contributed by atoms with Crippen molar-refractivity contribution in [3.8, 4) is 5.75 Å². The van der Waals surface area contributed by atoms with Crippen molar-refractivity contribution in [2.75, 3.05) is 12.3 Å². The first kappa shape index (κ1) is 13.4. The molecule has 1 atom stereocenters. The van der Waals surface area contributed by atoms with Crippen LogP contribution in [-0.2, 0) is 0 Å². The summed E-state index contributed by atoms with van der Waals surface area (Å²) in [4.78, 5) is 16.6. The van der Waals surface area contributed by atoms with Crippen LogP contribution in [0.3, 0.4) is 0 Å². The predicted octanol–water partition coefficient (Wildman–Crippen LogP) is 2.23. The number of para-hydroxylation sites is 1. The number of carbonyl (C=O) groups excluding carboxylic acids is 1. The number of nitrogen functional groups attached to an aromatic ring is 1. The second-order valence-electron chi connectivity index (χ2n) is 5.10. The second-order valence-corrected chi connectivity index (χ2v) is 5.10. The minimum atomic E-state index is -0.158. The van der Waals surface area contributed by atoms with Crippen molar-refractivity contribution < 1.29 is 9.53 Å². The van der Waals surface area contributed by atoms with Gasteiger partial charge in [0.1, 0.15) is 5.75 Å². The van der Waals surface area contributed by atoms with Crippen LogP contribution in [0.1, 0.15) is 34.1 Å². The molecule has 1 aliphatic heterocycles. The fourth-order valence-corrected chi connectivity index (χ4v) is 2.51. The Kier molecular flexibility index (Phi) is 3.48. The fraction of sp³-hybridized carbons (Fsp3) is 0.250. The van der Waals surface area contributed by atoms with E-state index in [1.54, 1.807) is 19.2 Å². The van der Waals surface area contributed by atoms with Crippen LogP contribution in [0.2, 0.25) is 0 Å². The molecule has 1 unspecified atom stereocenters. The topological polar surface area (TPSA) is 77.2 Å². The average molecular weight is 283 g/mol. The van der Waals surface area contributed by atoms with Gasteiger partial charge < -0.3 is 15.8 Å². The van der Waals surface area contributed by atoms with Crippen LogP contribution >= 0.6 is 0 Å². The first-order valence-corrected chi connectivity index (χ1v) is 6.90. The minimum absolute atomic E-state index is 0.0525. The quantitative estimate of drug-likeness (QED) is 0.886. The average Bonchev–Trinajstić information content (AvgIpc) is 2.50. The van der Waals surface area contributed by atoms with Crippen LogP contribution in [0.4, 0.5) is 5.69 Å². The summed E-state index contributed by atoms with van der Waals surface area (Å²) < 4.78 is 5.60. The highest BCUT2D eigenvalue weighted by Crippen LogP contribution is 2.31. The highest BCUT2D eigenvalue weighted by Gasteiger charge is 2.23. The van der Waals surface area contributed by atoms with Crippen molar-refractivity contribution in [3.63, 3.8) is 0 Å². The Balaban J connectivity index is 1.84. The number of nitrogens with zero attached hydrogens (tertiary/aromatic N) is 1. The van der Waals surface area contributed by atoms with E-state index in [1.807, 2.05) is 24.3 Å². The normalized spacial score (nSPS) is 16.7. The van der Waals surface area contributed by atoms with Gasteiger partial charge in [-0.1, -0.05) is 18.2 Å². The van der Waals surface area contributed by atoms with Gasteiger partial charge in [0.25, 0.3) is 5.91 Å². The summed E-state index contributed by atoms with van der Waals surface area (Å²) in [6.45, 7) is 2.39. The van der Waals surface area contributed by atoms with Crippen molar-refractivity contribution in [1.82, 2.24) is 10.3 Å². The molecule has 0 bridgehead atoms. The molecule has 1 amide bonds. The van der Waals surface area contributed by atoms with Crippen molar-refractivity contribution in [2.45, 2.75) is 19.4 Å². The van der Waals surface area contributed by atoms with Crippen LogP contribution in [0.5, 0.6) is 5.75 Å². The molecule has 3 rings (SSSR count). The van der Waals surface area contributed by atoms with Gasteiger partial charge in [0.05, 0.1) is 35.8 Å². The molecule has 3 N–H and O–H groups in total. The van der Waals surface area contributed by atoms with Crippen molar-refractivity contribution in [2.24, 2.45) is 0 Å². The lowest BCUT2D eigenvalue weighted by molar-refractivity contribution is 0.0924. The van der Waals surface area contributed by atoms with E-state index in [-0.39, 0.29) is 11.9 Å². The Morgan fingerprint density at radius 1 is 1.43 bits per heavy atom. The molecule has 1 aromatic carbocycles. The predicted molar refractivity (Wildman–Crippen MR) is 80.1 cm³/mol. The maximum Gasteiger partial charge on any atom is 0.253 e. The number of hydrogen-bond donors (Lipinski definition) is 2. The van der Waals surface area contributed by atoms with E-state index in [4.69, 9.17) is 10.5 Å². The number of benzene rings is 1. The maximum atomic E-state index is 12.4. The molecule has 0 saturated heterocycles. The highest BCUT2D eigenvalue weighted by molar-refractivity contribution is 5.96. The summed E-state index contributed by atoms with van der Waals surface area (Å²) in [5, 5.41) is 3.04. The molecule has 0 fully saturated rings. The van der Waals surface area contributed by atoms with E-state index in [0.29, 0.717) is 23.6 Å². The van der Waals surface area contributed by atoms with Gasteiger partial charge >= 0.3 is 0 Å². The number of fused-ring (bicyclic) bond motifs is 1. The number of rotatable bonds is 2. The van der Waals surface area contributed by atoms with Gasteiger partial charge in [-0.05, 0) is 19.1 Å². The van der Waals surface area contributed by atoms with Gasteiger partial charge in [0, 0.05) is 12.0 Å². The summed E-state index contributed by atoms with van der Waals surface area (Å²) in [5.41, 5.74) is 8.38. The maximum absolute atomic E-state index is 12.4. The lowest BCUT2D eigenvalue weighted by atomic mass is 10.00. The molecule has 5 nitrogen and oxygen atoms in total. The number of anilines is 1. The lowest BCUT2D eigenvalue weighted by Crippen LogP contribution is -2.32. The van der Waals surface area contributed by atoms with Crippen LogP contribution < -0.4 is 15.8 Å². The number of aryl methyl sites for hydroxylation is 1. The Hall–Kier alpha value is -2.56. The molecule has 5 heteroatoms. The van der Waals surface area contributed by atoms with Crippen LogP contribution in [0, 0.1) is 6.92 Å². The Morgan fingerprint density at radius 2 is 2.24 bits per heavy atom. The van der Waals surface area contributed by atoms with Gasteiger partial charge in [-0.3, -0.25) is 9.78 Å². The first-order chi connectivity index (χ1) is 10.1. The third-order valence-electron chi connectivity index (χ3n) is 3.62. The van der Waals surface area contributed by atoms with Crippen LogP contribution in [0.25, 0.3) is 0 Å². The number of aromatic nitrogens is 1. The fourth-order valence-electron chi connectivity index (χ4n) is 2.51. The number of nitrogens with two attached hydrogens (primary N) is 1. The standard InChI is InChI=1S/C16H17N3O2/c1-10-13(8-11(17)9-18-10)16(20)19-14-6-7-21-15-5-3-2-4-12(14)15/h2-5,8-9,14H,6-7,17H2,1H3,(H,19,20). The Bertz CT molecular complexity index is 685. The Morgan fingerprint density at radius 3 is 3.10 bits per heavy atom. The van der Waals surface area contributed by atoms with Gasteiger partial charge in [0.2, 0.25) is 0 Å². The van der Waals surface area contributed by atoms with E-state index in [2.05, 4.69) is 10.3 Å². The van der Waals surface area contributed by atoms with Crippen molar-refractivity contribution in [1.29, 1.82) is 0 Å². The smallest absolute Gasteiger partial charge is 0.253 e. The number of carbonyl (C=O) groups is 1. The number of amides is 1. The number of pyridine rings is 1. The number of hydrogen-bond acceptors (Lipinski definition) is 4. The third kappa shape index (κ3) is 2.67. The number of nitrogens with one attached hydrogen (secondary N) is 1. The molecule has 108 valence electrons. The van der Waals surface area contributed by atoms with Crippen LogP contribution in [0.15, 0.2) is 36.5 Å². The summed E-state index contributed by atoms with van der Waals surface area (Å²) in [6.07, 6.45) is 2.30. The third-order valence-corrected chi connectivity index (χ3v) is 3.62. The molecular weight excluding hydrogens is 266 g/mol. The molecule has 0 spiro atoms. The molecule has 21 heavy (non-hydrogen) atoms. The van der Waals surface area contributed by atoms with Gasteiger partial charge in [-0.15, -0.1) is 0 Å². The molecule has 0 aliphatic carbocycles. The molecule has 2 aromatic rings. The zero-order valence-electron chi connectivity index (χ0n) is 11.8. The summed E-state index contributed by atoms with van der Waals surface area (Å²) in [6, 6.07) is 9.37. The molecule has 1 aromatic heterocycles. The molecule has 0 saturated carbocycles. The second kappa shape index (κ2) is 5.44. The Labute approximate surface area is 123 Å². The molecule has 0 radical (unpaired) electrons. The largest absolute Gasteiger partial charge is 0.493 e. The molecular formula is C16H17N3O2. The summed E-state index contributed by atoms with van der Waals surface area (Å²) >= 11 is 0. The lowest BCUT2D eigenvalue weighted by Gasteiger charge is -2.26. The highest BCUT2D eigenvalue weighted by atomic mass is 16.5. The summed E-state index contributed by atoms with van der Waals surface area (Å²) in [5.74, 6) is 0.672. The minimum Gasteiger partial charge on any atom is -0.493 e. The van der Waals surface area contributed by atoms with Gasteiger partial charge in [-0.25, -0.2) is 0 Å². The molecule has 1 aliphatic rings. The number of ether oxygens (including phenoxy) is 1. The van der Waals surface area contributed by atoms with E-state index in [1.165, 1.54) is 0 Å². The van der Waals surface area contributed by atoms with Crippen molar-refractivity contribution >= 4 is 11.6 Å². The zero-order chi connectivity index (χ0) is 14.8. The molecule has 2 heterocycles. The SMILES string of the molecule is Cc1ncc(N)cc1C(=O)NC1CCOc2ccccc21.